The summed E-state index contributed by atoms with van der Waals surface area (Å²) in [5, 5.41) is 7.34. The van der Waals surface area contributed by atoms with Crippen molar-refractivity contribution >= 4 is 11.9 Å². The second-order valence-corrected chi connectivity index (χ2v) is 6.52. The molecular weight excluding hydrogens is 294 g/mol. The van der Waals surface area contributed by atoms with Gasteiger partial charge in [0.1, 0.15) is 0 Å². The number of piperidine rings is 1. The van der Waals surface area contributed by atoms with E-state index in [0.717, 1.165) is 25.8 Å². The van der Waals surface area contributed by atoms with Crippen LogP contribution in [-0.4, -0.2) is 46.3 Å². The maximum atomic E-state index is 12.2. The minimum absolute atomic E-state index is 0.0267. The fraction of sp³-hybridized carbons (Fsp3) is 0.688. The number of likely N-dealkylation sites (tertiary alicyclic amines) is 1. The number of rotatable bonds is 6. The molecule has 126 valence electrons. The molecule has 1 aliphatic heterocycles. The van der Waals surface area contributed by atoms with Gasteiger partial charge in [-0.2, -0.15) is 5.10 Å². The van der Waals surface area contributed by atoms with Gasteiger partial charge in [0.15, 0.2) is 0 Å². The zero-order chi connectivity index (χ0) is 16.2. The molecule has 7 nitrogen and oxygen atoms in total. The molecular formula is C16H25N5O2. The third-order valence-electron chi connectivity index (χ3n) is 4.69. The normalized spacial score (nSPS) is 21.2. The van der Waals surface area contributed by atoms with Crippen molar-refractivity contribution in [3.05, 3.63) is 18.0 Å². The number of nitrogens with zero attached hydrogens (tertiary/aromatic N) is 3. The van der Waals surface area contributed by atoms with E-state index >= 15 is 0 Å². The van der Waals surface area contributed by atoms with Crippen LogP contribution in [0.15, 0.2) is 12.3 Å². The average molecular weight is 319 g/mol. The first kappa shape index (κ1) is 15.8. The summed E-state index contributed by atoms with van der Waals surface area (Å²) in [5.41, 5.74) is 6.61. The molecule has 2 heterocycles. The number of urea groups is 1. The van der Waals surface area contributed by atoms with Gasteiger partial charge in [0.2, 0.25) is 5.91 Å². The molecule has 1 unspecified atom stereocenters. The highest BCUT2D eigenvalue weighted by atomic mass is 16.2. The number of primary amides is 1. The molecule has 3 rings (SSSR count). The van der Waals surface area contributed by atoms with Crippen LogP contribution in [0.1, 0.15) is 43.7 Å². The highest BCUT2D eigenvalue weighted by molar-refractivity contribution is 5.80. The summed E-state index contributed by atoms with van der Waals surface area (Å²) < 4.78 is 2.05. The Morgan fingerprint density at radius 2 is 2.17 bits per heavy atom. The minimum atomic E-state index is -0.436. The van der Waals surface area contributed by atoms with Gasteiger partial charge in [-0.3, -0.25) is 9.48 Å². The van der Waals surface area contributed by atoms with E-state index in [4.69, 9.17) is 5.73 Å². The van der Waals surface area contributed by atoms with Gasteiger partial charge in [-0.15, -0.1) is 0 Å². The molecule has 1 saturated heterocycles. The Morgan fingerprint density at radius 3 is 2.91 bits per heavy atom. The van der Waals surface area contributed by atoms with E-state index in [1.807, 2.05) is 6.20 Å². The Labute approximate surface area is 136 Å². The second-order valence-electron chi connectivity index (χ2n) is 6.52. The van der Waals surface area contributed by atoms with Crippen LogP contribution in [0.25, 0.3) is 0 Å². The van der Waals surface area contributed by atoms with Crippen molar-refractivity contribution in [1.82, 2.24) is 20.0 Å². The zero-order valence-corrected chi connectivity index (χ0v) is 13.4. The maximum Gasteiger partial charge on any atom is 0.314 e. The first-order valence-corrected chi connectivity index (χ1v) is 8.49. The highest BCUT2D eigenvalue weighted by Gasteiger charge is 2.28. The maximum absolute atomic E-state index is 12.2. The molecule has 2 aliphatic rings. The molecule has 1 atom stereocenters. The Bertz CT molecular complexity index is 567. The number of aryl methyl sites for hydroxylation is 1. The molecule has 0 radical (unpaired) electrons. The van der Waals surface area contributed by atoms with Gasteiger partial charge in [-0.1, -0.05) is 0 Å². The number of aromatic nitrogens is 2. The quantitative estimate of drug-likeness (QED) is 0.768. The van der Waals surface area contributed by atoms with Crippen LogP contribution in [0, 0.1) is 5.92 Å². The third-order valence-corrected chi connectivity index (χ3v) is 4.69. The van der Waals surface area contributed by atoms with Crippen molar-refractivity contribution in [1.29, 1.82) is 0 Å². The molecule has 0 bridgehead atoms. The fourth-order valence-corrected chi connectivity index (χ4v) is 3.23. The number of carbonyl (C=O) groups is 2. The van der Waals surface area contributed by atoms with Gasteiger partial charge in [-0.05, 0) is 38.2 Å². The van der Waals surface area contributed by atoms with E-state index in [1.165, 1.54) is 18.5 Å². The third kappa shape index (κ3) is 4.03. The number of carbonyl (C=O) groups excluding carboxylic acids is 2. The van der Waals surface area contributed by atoms with E-state index in [1.54, 1.807) is 4.90 Å². The van der Waals surface area contributed by atoms with E-state index in [9.17, 15) is 9.59 Å². The van der Waals surface area contributed by atoms with E-state index < -0.39 is 6.03 Å². The van der Waals surface area contributed by atoms with Crippen LogP contribution in [-0.2, 0) is 11.3 Å². The number of nitrogens with two attached hydrogens (primary N) is 1. The molecule has 1 aliphatic carbocycles. The van der Waals surface area contributed by atoms with Crippen molar-refractivity contribution in [3.8, 4) is 0 Å². The minimum Gasteiger partial charge on any atom is -0.356 e. The summed E-state index contributed by atoms with van der Waals surface area (Å²) in [6, 6.07) is 1.66. The monoisotopic (exact) mass is 319 g/mol. The smallest absolute Gasteiger partial charge is 0.314 e. The van der Waals surface area contributed by atoms with E-state index in [2.05, 4.69) is 21.2 Å². The predicted molar refractivity (Wildman–Crippen MR) is 85.7 cm³/mol. The SMILES string of the molecule is NC(=O)N1CCCC(C(=O)NCCCn2nccc2C2CC2)C1. The summed E-state index contributed by atoms with van der Waals surface area (Å²) in [4.78, 5) is 25.0. The Morgan fingerprint density at radius 1 is 1.35 bits per heavy atom. The Hall–Kier alpha value is -2.05. The lowest BCUT2D eigenvalue weighted by atomic mass is 9.97. The summed E-state index contributed by atoms with van der Waals surface area (Å²) in [6.07, 6.45) is 6.90. The lowest BCUT2D eigenvalue weighted by Crippen LogP contribution is -2.47. The topological polar surface area (TPSA) is 93.3 Å². The summed E-state index contributed by atoms with van der Waals surface area (Å²) in [7, 11) is 0. The van der Waals surface area contributed by atoms with Gasteiger partial charge in [0.05, 0.1) is 5.92 Å². The highest BCUT2D eigenvalue weighted by Crippen LogP contribution is 2.39. The van der Waals surface area contributed by atoms with Crippen LogP contribution in [0.5, 0.6) is 0 Å². The summed E-state index contributed by atoms with van der Waals surface area (Å²) in [6.45, 7) is 2.56. The van der Waals surface area contributed by atoms with E-state index in [0.29, 0.717) is 25.6 Å². The summed E-state index contributed by atoms with van der Waals surface area (Å²) >= 11 is 0. The largest absolute Gasteiger partial charge is 0.356 e. The molecule has 2 fully saturated rings. The molecule has 0 aromatic carbocycles. The Kier molecular flexibility index (Phi) is 4.83. The van der Waals surface area contributed by atoms with Crippen LogP contribution in [0.4, 0.5) is 4.79 Å². The number of nitrogens with one attached hydrogen (secondary N) is 1. The van der Waals surface area contributed by atoms with Crippen LogP contribution >= 0.6 is 0 Å². The lowest BCUT2D eigenvalue weighted by Gasteiger charge is -2.30. The van der Waals surface area contributed by atoms with Gasteiger partial charge in [0.25, 0.3) is 0 Å². The van der Waals surface area contributed by atoms with Crippen molar-refractivity contribution in [2.45, 2.75) is 44.6 Å². The Balaban J connectivity index is 1.39. The first-order valence-electron chi connectivity index (χ1n) is 8.49. The van der Waals surface area contributed by atoms with Crippen molar-refractivity contribution < 1.29 is 9.59 Å². The van der Waals surface area contributed by atoms with Gasteiger partial charge in [-0.25, -0.2) is 4.79 Å². The lowest BCUT2D eigenvalue weighted by molar-refractivity contribution is -0.126. The number of amides is 3. The number of hydrogen-bond acceptors (Lipinski definition) is 3. The first-order chi connectivity index (χ1) is 11.1. The van der Waals surface area contributed by atoms with Gasteiger partial charge >= 0.3 is 6.03 Å². The van der Waals surface area contributed by atoms with E-state index in [-0.39, 0.29) is 11.8 Å². The fourth-order valence-electron chi connectivity index (χ4n) is 3.23. The molecule has 3 N–H and O–H groups in total. The molecule has 7 heteroatoms. The molecule has 1 aromatic rings. The molecule has 3 amide bonds. The molecule has 23 heavy (non-hydrogen) atoms. The van der Waals surface area contributed by atoms with Crippen molar-refractivity contribution in [2.75, 3.05) is 19.6 Å². The number of hydrogen-bond donors (Lipinski definition) is 2. The van der Waals surface area contributed by atoms with Crippen LogP contribution in [0.3, 0.4) is 0 Å². The average Bonchev–Trinajstić information content (AvgIpc) is 3.30. The summed E-state index contributed by atoms with van der Waals surface area (Å²) in [5.74, 6) is 0.580. The van der Waals surface area contributed by atoms with Crippen molar-refractivity contribution in [2.24, 2.45) is 11.7 Å². The molecule has 1 saturated carbocycles. The van der Waals surface area contributed by atoms with Crippen LogP contribution in [0.2, 0.25) is 0 Å². The molecule has 1 aromatic heterocycles. The standard InChI is InChI=1S/C16H25N5O2/c17-16(23)20-9-1-3-13(11-20)15(22)18-7-2-10-21-14(6-8-19-21)12-4-5-12/h6,8,12-13H,1-5,7,9-11H2,(H2,17,23)(H,18,22). The van der Waals surface area contributed by atoms with Crippen molar-refractivity contribution in [3.63, 3.8) is 0 Å². The zero-order valence-electron chi connectivity index (χ0n) is 13.4. The van der Waals surface area contributed by atoms with Gasteiger partial charge < -0.3 is 16.0 Å². The predicted octanol–water partition coefficient (Wildman–Crippen LogP) is 1.06. The molecule has 0 spiro atoms. The van der Waals surface area contributed by atoms with Crippen LogP contribution < -0.4 is 11.1 Å². The van der Waals surface area contributed by atoms with Gasteiger partial charge in [0, 0.05) is 44.0 Å². The second kappa shape index (κ2) is 7.02.